The Morgan fingerprint density at radius 3 is 2.57 bits per heavy atom. The number of hydrogen-bond donors (Lipinski definition) is 3. The Balaban J connectivity index is 2.22. The third-order valence-corrected chi connectivity index (χ3v) is 3.08. The molecule has 0 spiro atoms. The maximum atomic E-state index is 8.91. The van der Waals surface area contributed by atoms with Gasteiger partial charge in [0.1, 0.15) is 17.9 Å². The average molecular weight is 288 g/mol. The van der Waals surface area contributed by atoms with E-state index in [9.17, 15) is 0 Å². The molecule has 0 atom stereocenters. The zero-order chi connectivity index (χ0) is 15.1. The number of hydrogen-bond acceptors (Lipinski definition) is 6. The lowest BCUT2D eigenvalue weighted by Gasteiger charge is -2.12. The molecule has 0 aliphatic heterocycles. The van der Waals surface area contributed by atoms with Crippen LogP contribution in [-0.4, -0.2) is 21.7 Å². The number of aliphatic hydroxyl groups excluding tert-OH is 1. The van der Waals surface area contributed by atoms with E-state index in [1.807, 2.05) is 24.3 Å². The van der Waals surface area contributed by atoms with Gasteiger partial charge in [-0.05, 0) is 30.5 Å². The summed E-state index contributed by atoms with van der Waals surface area (Å²) in [5.41, 5.74) is 4.50. The molecule has 0 bridgehead atoms. The van der Waals surface area contributed by atoms with Gasteiger partial charge in [0.15, 0.2) is 0 Å². The van der Waals surface area contributed by atoms with Crippen molar-refractivity contribution in [1.29, 1.82) is 0 Å². The Labute approximate surface area is 124 Å². The van der Waals surface area contributed by atoms with Gasteiger partial charge in [-0.15, -0.1) is 0 Å². The van der Waals surface area contributed by atoms with E-state index in [1.165, 1.54) is 6.33 Å². The summed E-state index contributed by atoms with van der Waals surface area (Å²) in [6.07, 6.45) is 3.77. The maximum absolute atomic E-state index is 8.91. The monoisotopic (exact) mass is 288 g/mol. The van der Waals surface area contributed by atoms with Crippen LogP contribution in [0.1, 0.15) is 24.5 Å². The van der Waals surface area contributed by atoms with Crippen LogP contribution in [0, 0.1) is 0 Å². The van der Waals surface area contributed by atoms with Crippen molar-refractivity contribution in [1.82, 2.24) is 9.97 Å². The molecule has 0 aliphatic carbocycles. The van der Waals surface area contributed by atoms with Gasteiger partial charge < -0.3 is 15.3 Å². The van der Waals surface area contributed by atoms with Crippen molar-refractivity contribution in [3.8, 4) is 11.6 Å². The minimum absolute atomic E-state index is 0.137. The van der Waals surface area contributed by atoms with E-state index in [0.717, 1.165) is 24.0 Å². The minimum Gasteiger partial charge on any atom is -0.439 e. The fraction of sp³-hybridized carbons (Fsp3) is 0.333. The Hall–Kier alpha value is -2.18. The van der Waals surface area contributed by atoms with Gasteiger partial charge in [0.2, 0.25) is 5.88 Å². The molecule has 0 unspecified atom stereocenters. The summed E-state index contributed by atoms with van der Waals surface area (Å²) >= 11 is 0. The van der Waals surface area contributed by atoms with E-state index in [2.05, 4.69) is 22.3 Å². The number of nitrogens with zero attached hydrogens (tertiary/aromatic N) is 2. The molecule has 0 saturated heterocycles. The lowest BCUT2D eigenvalue weighted by atomic mass is 10.1. The highest BCUT2D eigenvalue weighted by atomic mass is 16.5. The molecular weight excluding hydrogens is 268 g/mol. The molecule has 0 aliphatic rings. The molecular formula is C15H20N4O2. The second-order valence-electron chi connectivity index (χ2n) is 4.62. The Kier molecular flexibility index (Phi) is 5.48. The summed E-state index contributed by atoms with van der Waals surface area (Å²) in [7, 11) is 0. The molecule has 0 radical (unpaired) electrons. The molecule has 0 saturated carbocycles. The number of aromatic nitrogens is 2. The molecule has 1 aromatic carbocycles. The number of aliphatic hydroxyl groups is 1. The number of nitrogens with two attached hydrogens (primary N) is 1. The zero-order valence-corrected chi connectivity index (χ0v) is 12.0. The van der Waals surface area contributed by atoms with E-state index in [1.54, 1.807) is 0 Å². The Morgan fingerprint density at radius 1 is 1.19 bits per heavy atom. The van der Waals surface area contributed by atoms with Crippen LogP contribution in [0.15, 0.2) is 30.6 Å². The topological polar surface area (TPSA) is 93.3 Å². The van der Waals surface area contributed by atoms with Crippen LogP contribution in [0.3, 0.4) is 0 Å². The molecule has 2 rings (SSSR count). The highest BCUT2D eigenvalue weighted by Crippen LogP contribution is 2.27. The van der Waals surface area contributed by atoms with Gasteiger partial charge >= 0.3 is 0 Å². The fourth-order valence-corrected chi connectivity index (χ4v) is 2.05. The first-order valence-electron chi connectivity index (χ1n) is 6.96. The van der Waals surface area contributed by atoms with Crippen LogP contribution in [0.2, 0.25) is 0 Å². The highest BCUT2D eigenvalue weighted by molar-refractivity contribution is 5.49. The second kappa shape index (κ2) is 7.56. The van der Waals surface area contributed by atoms with Crippen molar-refractivity contribution in [3.63, 3.8) is 0 Å². The van der Waals surface area contributed by atoms with Crippen molar-refractivity contribution < 1.29 is 9.84 Å². The van der Waals surface area contributed by atoms with Crippen molar-refractivity contribution in [3.05, 3.63) is 41.7 Å². The first-order chi connectivity index (χ1) is 10.3. The van der Waals surface area contributed by atoms with Crippen molar-refractivity contribution in [2.75, 3.05) is 12.0 Å². The zero-order valence-electron chi connectivity index (χ0n) is 12.0. The number of nitrogens with one attached hydrogen (secondary N) is 1. The van der Waals surface area contributed by atoms with E-state index in [4.69, 9.17) is 15.7 Å². The van der Waals surface area contributed by atoms with Gasteiger partial charge in [0, 0.05) is 6.61 Å². The summed E-state index contributed by atoms with van der Waals surface area (Å²) in [5, 5.41) is 8.91. The van der Waals surface area contributed by atoms with E-state index in [0.29, 0.717) is 23.9 Å². The van der Waals surface area contributed by atoms with Gasteiger partial charge in [-0.1, -0.05) is 25.5 Å². The number of ether oxygens (including phenoxy) is 1. The summed E-state index contributed by atoms with van der Waals surface area (Å²) in [4.78, 5) is 8.29. The van der Waals surface area contributed by atoms with Crippen LogP contribution in [-0.2, 0) is 12.8 Å². The Morgan fingerprint density at radius 2 is 1.95 bits per heavy atom. The number of anilines is 1. The third kappa shape index (κ3) is 3.90. The van der Waals surface area contributed by atoms with Crippen LogP contribution in [0.4, 0.5) is 5.82 Å². The molecule has 21 heavy (non-hydrogen) atoms. The molecule has 112 valence electrons. The average Bonchev–Trinajstić information content (AvgIpc) is 2.51. The van der Waals surface area contributed by atoms with Crippen LogP contribution in [0.25, 0.3) is 0 Å². The van der Waals surface area contributed by atoms with Crippen LogP contribution < -0.4 is 16.0 Å². The lowest BCUT2D eigenvalue weighted by Crippen LogP contribution is -2.12. The second-order valence-corrected chi connectivity index (χ2v) is 4.62. The predicted octanol–water partition coefficient (Wildman–Crippen LogP) is 2.04. The van der Waals surface area contributed by atoms with E-state index < -0.39 is 0 Å². The predicted molar refractivity (Wildman–Crippen MR) is 81.1 cm³/mol. The van der Waals surface area contributed by atoms with Gasteiger partial charge in [-0.25, -0.2) is 15.8 Å². The van der Waals surface area contributed by atoms with E-state index in [-0.39, 0.29) is 6.61 Å². The van der Waals surface area contributed by atoms with Gasteiger partial charge in [0.25, 0.3) is 0 Å². The van der Waals surface area contributed by atoms with Crippen molar-refractivity contribution in [2.45, 2.75) is 26.2 Å². The molecule has 6 nitrogen and oxygen atoms in total. The molecule has 0 fully saturated rings. The summed E-state index contributed by atoms with van der Waals surface area (Å²) in [6.45, 7) is 2.21. The molecule has 6 heteroatoms. The normalized spacial score (nSPS) is 10.4. The molecule has 0 amide bonds. The van der Waals surface area contributed by atoms with Gasteiger partial charge in [-0.2, -0.15) is 0 Å². The van der Waals surface area contributed by atoms with Crippen molar-refractivity contribution in [2.24, 2.45) is 5.84 Å². The van der Waals surface area contributed by atoms with Crippen LogP contribution >= 0.6 is 0 Å². The number of rotatable bonds is 7. The third-order valence-electron chi connectivity index (χ3n) is 3.08. The Bertz CT molecular complexity index is 572. The smallest absolute Gasteiger partial charge is 0.227 e. The largest absolute Gasteiger partial charge is 0.439 e. The molecule has 1 aromatic heterocycles. The van der Waals surface area contributed by atoms with Crippen LogP contribution in [0.5, 0.6) is 11.6 Å². The lowest BCUT2D eigenvalue weighted by molar-refractivity contribution is 0.299. The minimum atomic E-state index is 0.137. The first kappa shape index (κ1) is 15.2. The van der Waals surface area contributed by atoms with Gasteiger partial charge in [0.05, 0.1) is 5.56 Å². The standard InChI is InChI=1S/C15H20N4O2/c1-2-3-13-14(19-16)17-10-18-15(13)21-12-6-4-11(5-7-12)8-9-20/h4-7,10,20H,2-3,8-9,16H2,1H3,(H,17,18,19). The number of benzene rings is 1. The number of hydrazine groups is 1. The summed E-state index contributed by atoms with van der Waals surface area (Å²) < 4.78 is 5.83. The molecule has 2 aromatic rings. The molecule has 1 heterocycles. The first-order valence-corrected chi connectivity index (χ1v) is 6.96. The van der Waals surface area contributed by atoms with Crippen molar-refractivity contribution >= 4 is 5.82 Å². The van der Waals surface area contributed by atoms with Gasteiger partial charge in [-0.3, -0.25) is 0 Å². The summed E-state index contributed by atoms with van der Waals surface area (Å²) in [6, 6.07) is 7.57. The summed E-state index contributed by atoms with van der Waals surface area (Å²) in [5.74, 6) is 7.26. The highest BCUT2D eigenvalue weighted by Gasteiger charge is 2.12. The number of nitrogen functional groups attached to an aromatic ring is 1. The molecule has 4 N–H and O–H groups in total. The quantitative estimate of drug-likeness (QED) is 0.533. The van der Waals surface area contributed by atoms with E-state index >= 15 is 0 Å². The SMILES string of the molecule is CCCc1c(NN)ncnc1Oc1ccc(CCO)cc1. The fourth-order valence-electron chi connectivity index (χ4n) is 2.05. The maximum Gasteiger partial charge on any atom is 0.227 e.